The molecule has 0 atom stereocenters. The summed E-state index contributed by atoms with van der Waals surface area (Å²) >= 11 is 0. The van der Waals surface area contributed by atoms with Crippen molar-refractivity contribution >= 4 is 11.8 Å². The average molecular weight is 330 g/mol. The third-order valence-electron chi connectivity index (χ3n) is 3.63. The van der Waals surface area contributed by atoms with Crippen LogP contribution in [0.25, 0.3) is 0 Å². The number of carbonyl (C=O) groups excluding carboxylic acids is 2. The number of rotatable bonds is 8. The van der Waals surface area contributed by atoms with Crippen LogP contribution in [0.4, 0.5) is 0 Å². The van der Waals surface area contributed by atoms with Crippen molar-refractivity contribution in [3.05, 3.63) is 54.0 Å². The Labute approximate surface area is 141 Å². The molecule has 0 aliphatic rings. The van der Waals surface area contributed by atoms with Gasteiger partial charge in [-0.3, -0.25) is 9.59 Å². The minimum absolute atomic E-state index is 0.0651. The van der Waals surface area contributed by atoms with Crippen LogP contribution in [-0.4, -0.2) is 30.4 Å². The van der Waals surface area contributed by atoms with E-state index < -0.39 is 0 Å². The van der Waals surface area contributed by atoms with Gasteiger partial charge in [-0.25, -0.2) is 0 Å². The summed E-state index contributed by atoms with van der Waals surface area (Å²) in [5.41, 5.74) is 0.988. The van der Waals surface area contributed by atoms with Gasteiger partial charge in [-0.15, -0.1) is 0 Å². The minimum Gasteiger partial charge on any atom is -0.497 e. The van der Waals surface area contributed by atoms with E-state index in [9.17, 15) is 9.59 Å². The van der Waals surface area contributed by atoms with Gasteiger partial charge in [0, 0.05) is 26.4 Å². The van der Waals surface area contributed by atoms with E-state index in [0.29, 0.717) is 25.4 Å². The van der Waals surface area contributed by atoms with Gasteiger partial charge in [-0.2, -0.15) is 0 Å². The molecule has 0 saturated heterocycles. The molecule has 1 aromatic heterocycles. The SMILES string of the molecule is COc1ccc(CN(CCC(=O)NCc2ccco2)C(C)=O)cc1. The van der Waals surface area contributed by atoms with Gasteiger partial charge in [0.2, 0.25) is 11.8 Å². The van der Waals surface area contributed by atoms with E-state index >= 15 is 0 Å². The molecule has 0 spiro atoms. The van der Waals surface area contributed by atoms with Gasteiger partial charge < -0.3 is 19.4 Å². The lowest BCUT2D eigenvalue weighted by atomic mass is 10.2. The smallest absolute Gasteiger partial charge is 0.222 e. The third-order valence-corrected chi connectivity index (χ3v) is 3.63. The molecule has 0 fully saturated rings. The predicted molar refractivity (Wildman–Crippen MR) is 89.3 cm³/mol. The first kappa shape index (κ1) is 17.6. The highest BCUT2D eigenvalue weighted by molar-refractivity contribution is 5.77. The van der Waals surface area contributed by atoms with Gasteiger partial charge in [0.1, 0.15) is 11.5 Å². The van der Waals surface area contributed by atoms with Crippen LogP contribution in [0.3, 0.4) is 0 Å². The largest absolute Gasteiger partial charge is 0.497 e. The number of nitrogens with one attached hydrogen (secondary N) is 1. The maximum atomic E-state index is 11.9. The Kier molecular flexibility index (Phi) is 6.42. The Morgan fingerprint density at radius 1 is 1.21 bits per heavy atom. The van der Waals surface area contributed by atoms with Gasteiger partial charge >= 0.3 is 0 Å². The summed E-state index contributed by atoms with van der Waals surface area (Å²) in [6.45, 7) is 2.69. The minimum atomic E-state index is -0.118. The highest BCUT2D eigenvalue weighted by Gasteiger charge is 2.12. The molecule has 24 heavy (non-hydrogen) atoms. The van der Waals surface area contributed by atoms with Crippen LogP contribution < -0.4 is 10.1 Å². The molecule has 2 rings (SSSR count). The van der Waals surface area contributed by atoms with Gasteiger partial charge in [-0.05, 0) is 29.8 Å². The van der Waals surface area contributed by atoms with Gasteiger partial charge in [0.15, 0.2) is 0 Å². The average Bonchev–Trinajstić information content (AvgIpc) is 3.10. The normalized spacial score (nSPS) is 10.2. The molecule has 0 radical (unpaired) electrons. The van der Waals surface area contributed by atoms with Gasteiger partial charge in [-0.1, -0.05) is 12.1 Å². The van der Waals surface area contributed by atoms with Crippen LogP contribution in [-0.2, 0) is 22.7 Å². The van der Waals surface area contributed by atoms with E-state index in [-0.39, 0.29) is 18.2 Å². The van der Waals surface area contributed by atoms with Crippen molar-refractivity contribution in [2.75, 3.05) is 13.7 Å². The Balaban J connectivity index is 1.81. The standard InChI is InChI=1S/C18H22N2O4/c1-14(21)20(13-15-5-7-16(23-2)8-6-15)10-9-18(22)19-12-17-4-3-11-24-17/h3-8,11H,9-10,12-13H2,1-2H3,(H,19,22). The lowest BCUT2D eigenvalue weighted by Gasteiger charge is -2.21. The van der Waals surface area contributed by atoms with Crippen LogP contribution >= 0.6 is 0 Å². The summed E-state index contributed by atoms with van der Waals surface area (Å²) in [6, 6.07) is 11.1. The molecule has 2 aromatic rings. The molecule has 0 aliphatic heterocycles. The number of benzene rings is 1. The van der Waals surface area contributed by atoms with E-state index in [1.54, 1.807) is 30.4 Å². The number of hydrogen-bond donors (Lipinski definition) is 1. The monoisotopic (exact) mass is 330 g/mol. The van der Waals surface area contributed by atoms with E-state index in [2.05, 4.69) is 5.32 Å². The Hall–Kier alpha value is -2.76. The first-order valence-electron chi connectivity index (χ1n) is 7.76. The van der Waals surface area contributed by atoms with E-state index in [4.69, 9.17) is 9.15 Å². The number of nitrogens with zero attached hydrogens (tertiary/aromatic N) is 1. The number of ether oxygens (including phenoxy) is 1. The maximum absolute atomic E-state index is 11.9. The van der Waals surface area contributed by atoms with Gasteiger partial charge in [0.25, 0.3) is 0 Å². The number of hydrogen-bond acceptors (Lipinski definition) is 4. The van der Waals surface area contributed by atoms with Crippen LogP contribution in [0, 0.1) is 0 Å². The molecule has 0 saturated carbocycles. The molecular weight excluding hydrogens is 308 g/mol. The molecule has 1 aromatic carbocycles. The van der Waals surface area contributed by atoms with Crippen molar-refractivity contribution < 1.29 is 18.7 Å². The van der Waals surface area contributed by atoms with E-state index in [1.165, 1.54) is 6.92 Å². The van der Waals surface area contributed by atoms with Crippen molar-refractivity contribution in [3.63, 3.8) is 0 Å². The molecule has 6 nitrogen and oxygen atoms in total. The Morgan fingerprint density at radius 2 is 1.96 bits per heavy atom. The number of furan rings is 1. The number of amides is 2. The quantitative estimate of drug-likeness (QED) is 0.806. The molecule has 6 heteroatoms. The fraction of sp³-hybridized carbons (Fsp3) is 0.333. The molecule has 128 valence electrons. The van der Waals surface area contributed by atoms with Crippen molar-refractivity contribution in [2.24, 2.45) is 0 Å². The van der Waals surface area contributed by atoms with Crippen molar-refractivity contribution in [2.45, 2.75) is 26.4 Å². The number of methoxy groups -OCH3 is 1. The summed E-state index contributed by atoms with van der Waals surface area (Å²) in [6.07, 6.45) is 1.81. The fourth-order valence-electron chi connectivity index (χ4n) is 2.22. The molecule has 1 N–H and O–H groups in total. The molecular formula is C18H22N2O4. The maximum Gasteiger partial charge on any atom is 0.222 e. The summed E-state index contributed by atoms with van der Waals surface area (Å²) in [7, 11) is 1.61. The highest BCUT2D eigenvalue weighted by atomic mass is 16.5. The van der Waals surface area contributed by atoms with E-state index in [0.717, 1.165) is 11.3 Å². The first-order valence-corrected chi connectivity index (χ1v) is 7.76. The second-order valence-electron chi connectivity index (χ2n) is 5.39. The summed E-state index contributed by atoms with van der Waals surface area (Å²) in [4.78, 5) is 25.3. The van der Waals surface area contributed by atoms with Crippen molar-refractivity contribution in [3.8, 4) is 5.75 Å². The van der Waals surface area contributed by atoms with Crippen molar-refractivity contribution in [1.82, 2.24) is 10.2 Å². The lowest BCUT2D eigenvalue weighted by molar-refractivity contribution is -0.130. The fourth-order valence-corrected chi connectivity index (χ4v) is 2.22. The summed E-state index contributed by atoms with van der Waals surface area (Å²) < 4.78 is 10.3. The van der Waals surface area contributed by atoms with E-state index in [1.807, 2.05) is 24.3 Å². The summed E-state index contributed by atoms with van der Waals surface area (Å²) in [5.74, 6) is 1.28. The zero-order valence-electron chi connectivity index (χ0n) is 14.0. The summed E-state index contributed by atoms with van der Waals surface area (Å²) in [5, 5.41) is 2.77. The zero-order chi connectivity index (χ0) is 17.4. The molecule has 0 aliphatic carbocycles. The topological polar surface area (TPSA) is 71.8 Å². The van der Waals surface area contributed by atoms with Crippen molar-refractivity contribution in [1.29, 1.82) is 0 Å². The zero-order valence-corrected chi connectivity index (χ0v) is 14.0. The van der Waals surface area contributed by atoms with Crippen LogP contribution in [0.1, 0.15) is 24.7 Å². The van der Waals surface area contributed by atoms with Crippen LogP contribution in [0.15, 0.2) is 47.1 Å². The number of carbonyl (C=O) groups is 2. The second kappa shape index (κ2) is 8.76. The molecule has 1 heterocycles. The Bertz CT molecular complexity index is 650. The molecule has 0 bridgehead atoms. The molecule has 0 unspecified atom stereocenters. The second-order valence-corrected chi connectivity index (χ2v) is 5.39. The van der Waals surface area contributed by atoms with Crippen LogP contribution in [0.2, 0.25) is 0 Å². The third kappa shape index (κ3) is 5.46. The first-order chi connectivity index (χ1) is 11.6. The van der Waals surface area contributed by atoms with Crippen LogP contribution in [0.5, 0.6) is 5.75 Å². The van der Waals surface area contributed by atoms with Gasteiger partial charge in [0.05, 0.1) is 19.9 Å². The Morgan fingerprint density at radius 3 is 2.54 bits per heavy atom. The highest BCUT2D eigenvalue weighted by Crippen LogP contribution is 2.13. The lowest BCUT2D eigenvalue weighted by Crippen LogP contribution is -2.33. The molecule has 2 amide bonds. The predicted octanol–water partition coefficient (Wildman–Crippen LogP) is 2.34.